The maximum absolute atomic E-state index is 12.8. The number of aryl methyl sites for hydroxylation is 1. The van der Waals surface area contributed by atoms with Crippen LogP contribution in [0.15, 0.2) is 42.5 Å². The molecule has 1 amide bonds. The van der Waals surface area contributed by atoms with Crippen LogP contribution in [0.3, 0.4) is 0 Å². The van der Waals surface area contributed by atoms with Gasteiger partial charge in [0.25, 0.3) is 5.91 Å². The molecule has 1 fully saturated rings. The van der Waals surface area contributed by atoms with E-state index in [1.54, 1.807) is 11.0 Å². The van der Waals surface area contributed by atoms with Crippen molar-refractivity contribution in [3.8, 4) is 0 Å². The highest BCUT2D eigenvalue weighted by molar-refractivity contribution is 5.96. The van der Waals surface area contributed by atoms with Gasteiger partial charge in [0, 0.05) is 43.6 Å². The standard InChI is InChI=1S/C20H25N3O.2ClH/c1-15-9-10-17(21)13-18(15)20(24)22(2)14-16-7-3-4-8-19(16)23-11-5-6-12-23;;/h3-4,7-10,13H,5-6,11-12,14,21H2,1-2H3;2*1H. The topological polar surface area (TPSA) is 49.6 Å². The van der Waals surface area contributed by atoms with Crippen LogP contribution in [-0.4, -0.2) is 30.9 Å². The summed E-state index contributed by atoms with van der Waals surface area (Å²) in [6.07, 6.45) is 2.48. The van der Waals surface area contributed by atoms with Crippen LogP contribution in [0, 0.1) is 6.92 Å². The lowest BCUT2D eigenvalue weighted by Crippen LogP contribution is -2.28. The molecule has 4 nitrogen and oxygen atoms in total. The number of nitrogens with zero attached hydrogens (tertiary/aromatic N) is 2. The van der Waals surface area contributed by atoms with E-state index < -0.39 is 0 Å². The summed E-state index contributed by atoms with van der Waals surface area (Å²) in [4.78, 5) is 17.0. The summed E-state index contributed by atoms with van der Waals surface area (Å²) in [5, 5.41) is 0. The highest BCUT2D eigenvalue weighted by atomic mass is 35.5. The minimum absolute atomic E-state index is 0. The highest BCUT2D eigenvalue weighted by Crippen LogP contribution is 2.26. The summed E-state index contributed by atoms with van der Waals surface area (Å²) in [7, 11) is 1.85. The lowest BCUT2D eigenvalue weighted by atomic mass is 10.1. The van der Waals surface area contributed by atoms with Crippen molar-refractivity contribution in [3.05, 3.63) is 59.2 Å². The third kappa shape index (κ3) is 4.83. The smallest absolute Gasteiger partial charge is 0.254 e. The second-order valence-corrected chi connectivity index (χ2v) is 6.56. The second-order valence-electron chi connectivity index (χ2n) is 6.56. The summed E-state index contributed by atoms with van der Waals surface area (Å²) in [6, 6.07) is 13.9. The maximum Gasteiger partial charge on any atom is 0.254 e. The Labute approximate surface area is 168 Å². The number of carbonyl (C=O) groups excluding carboxylic acids is 1. The van der Waals surface area contributed by atoms with Crippen LogP contribution in [0.4, 0.5) is 11.4 Å². The maximum atomic E-state index is 12.8. The van der Waals surface area contributed by atoms with Gasteiger partial charge in [0.05, 0.1) is 0 Å². The van der Waals surface area contributed by atoms with E-state index in [0.717, 1.165) is 18.7 Å². The van der Waals surface area contributed by atoms with Crippen molar-refractivity contribution in [3.63, 3.8) is 0 Å². The fraction of sp³-hybridized carbons (Fsp3) is 0.350. The van der Waals surface area contributed by atoms with Crippen molar-refractivity contribution in [2.24, 2.45) is 0 Å². The molecule has 0 saturated carbocycles. The monoisotopic (exact) mass is 395 g/mol. The van der Waals surface area contributed by atoms with Gasteiger partial charge in [-0.05, 0) is 49.1 Å². The average Bonchev–Trinajstić information content (AvgIpc) is 3.11. The number of carbonyl (C=O) groups is 1. The zero-order valence-corrected chi connectivity index (χ0v) is 16.9. The van der Waals surface area contributed by atoms with Crippen LogP contribution in [0.2, 0.25) is 0 Å². The largest absolute Gasteiger partial charge is 0.399 e. The first-order valence-corrected chi connectivity index (χ1v) is 8.50. The van der Waals surface area contributed by atoms with Crippen LogP contribution >= 0.6 is 24.8 Å². The van der Waals surface area contributed by atoms with Crippen LogP contribution in [0.5, 0.6) is 0 Å². The third-order valence-electron chi connectivity index (χ3n) is 4.68. The molecular formula is C20H27Cl2N3O. The molecule has 0 atom stereocenters. The normalized spacial score (nSPS) is 12.9. The van der Waals surface area contributed by atoms with Crippen molar-refractivity contribution < 1.29 is 4.79 Å². The molecule has 0 radical (unpaired) electrons. The van der Waals surface area contributed by atoms with Crippen LogP contribution in [-0.2, 0) is 6.54 Å². The third-order valence-corrected chi connectivity index (χ3v) is 4.68. The van der Waals surface area contributed by atoms with Crippen molar-refractivity contribution >= 4 is 42.1 Å². The summed E-state index contributed by atoms with van der Waals surface area (Å²) < 4.78 is 0. The van der Waals surface area contributed by atoms with Gasteiger partial charge in [-0.25, -0.2) is 0 Å². The van der Waals surface area contributed by atoms with E-state index in [-0.39, 0.29) is 30.7 Å². The van der Waals surface area contributed by atoms with Gasteiger partial charge < -0.3 is 15.5 Å². The molecule has 0 aliphatic carbocycles. The molecule has 0 bridgehead atoms. The van der Waals surface area contributed by atoms with Gasteiger partial charge in [0.1, 0.15) is 0 Å². The molecule has 26 heavy (non-hydrogen) atoms. The summed E-state index contributed by atoms with van der Waals surface area (Å²) in [6.45, 7) is 4.74. The second kappa shape index (κ2) is 9.70. The fourth-order valence-corrected chi connectivity index (χ4v) is 3.31. The molecule has 1 saturated heterocycles. The SMILES string of the molecule is Cc1ccc(N)cc1C(=O)N(C)Cc1ccccc1N1CCCC1.Cl.Cl. The molecule has 1 heterocycles. The number of nitrogen functional groups attached to an aromatic ring is 1. The van der Waals surface area contributed by atoms with Crippen molar-refractivity contribution in [2.75, 3.05) is 30.8 Å². The van der Waals surface area contributed by atoms with Crippen molar-refractivity contribution in [1.82, 2.24) is 4.90 Å². The van der Waals surface area contributed by atoms with Gasteiger partial charge >= 0.3 is 0 Å². The molecule has 142 valence electrons. The molecule has 1 aliphatic heterocycles. The number of rotatable bonds is 4. The van der Waals surface area contributed by atoms with E-state index in [0.29, 0.717) is 17.8 Å². The lowest BCUT2D eigenvalue weighted by molar-refractivity contribution is 0.0784. The van der Waals surface area contributed by atoms with Crippen molar-refractivity contribution in [1.29, 1.82) is 0 Å². The zero-order chi connectivity index (χ0) is 17.1. The first-order valence-electron chi connectivity index (χ1n) is 8.50. The van der Waals surface area contributed by atoms with Gasteiger partial charge in [-0.15, -0.1) is 24.8 Å². The number of anilines is 2. The Bertz CT molecular complexity index is 746. The van der Waals surface area contributed by atoms with E-state index in [1.807, 2.05) is 32.2 Å². The molecule has 2 N–H and O–H groups in total. The molecule has 1 aliphatic rings. The van der Waals surface area contributed by atoms with E-state index in [1.165, 1.54) is 24.1 Å². The molecule has 2 aromatic rings. The Morgan fingerprint density at radius 1 is 1.12 bits per heavy atom. The minimum atomic E-state index is 0. The molecule has 0 unspecified atom stereocenters. The van der Waals surface area contributed by atoms with Gasteiger partial charge in [0.15, 0.2) is 0 Å². The zero-order valence-electron chi connectivity index (χ0n) is 15.3. The van der Waals surface area contributed by atoms with E-state index in [4.69, 9.17) is 5.73 Å². The van der Waals surface area contributed by atoms with E-state index >= 15 is 0 Å². The lowest BCUT2D eigenvalue weighted by Gasteiger charge is -2.25. The Balaban J connectivity index is 0.00000169. The Hall–Kier alpha value is -1.91. The summed E-state index contributed by atoms with van der Waals surface area (Å²) in [5.41, 5.74) is 10.5. The van der Waals surface area contributed by atoms with Gasteiger partial charge in [-0.3, -0.25) is 4.79 Å². The molecular weight excluding hydrogens is 369 g/mol. The Morgan fingerprint density at radius 3 is 2.46 bits per heavy atom. The number of benzene rings is 2. The Morgan fingerprint density at radius 2 is 1.77 bits per heavy atom. The van der Waals surface area contributed by atoms with Gasteiger partial charge in [-0.2, -0.15) is 0 Å². The van der Waals surface area contributed by atoms with Crippen molar-refractivity contribution in [2.45, 2.75) is 26.3 Å². The first-order chi connectivity index (χ1) is 11.6. The van der Waals surface area contributed by atoms with Crippen LogP contribution < -0.4 is 10.6 Å². The predicted molar refractivity (Wildman–Crippen MR) is 114 cm³/mol. The molecule has 0 spiro atoms. The molecule has 6 heteroatoms. The molecule has 0 aromatic heterocycles. The minimum Gasteiger partial charge on any atom is -0.399 e. The molecule has 2 aromatic carbocycles. The van der Waals surface area contributed by atoms with Crippen LogP contribution in [0.25, 0.3) is 0 Å². The summed E-state index contributed by atoms with van der Waals surface area (Å²) in [5.74, 6) is 0.0102. The summed E-state index contributed by atoms with van der Waals surface area (Å²) >= 11 is 0. The predicted octanol–water partition coefficient (Wildman–Crippen LogP) is 4.29. The Kier molecular flexibility index (Phi) is 8.25. The number of para-hydroxylation sites is 1. The number of hydrogen-bond donors (Lipinski definition) is 1. The number of nitrogens with two attached hydrogens (primary N) is 1. The van der Waals surface area contributed by atoms with E-state index in [2.05, 4.69) is 23.1 Å². The quantitative estimate of drug-likeness (QED) is 0.785. The number of amides is 1. The highest BCUT2D eigenvalue weighted by Gasteiger charge is 2.19. The van der Waals surface area contributed by atoms with Gasteiger partial charge in [-0.1, -0.05) is 24.3 Å². The number of halogens is 2. The van der Waals surface area contributed by atoms with Gasteiger partial charge in [0.2, 0.25) is 0 Å². The number of hydrogen-bond acceptors (Lipinski definition) is 3. The average molecular weight is 396 g/mol. The first kappa shape index (κ1) is 22.1. The van der Waals surface area contributed by atoms with Crippen LogP contribution in [0.1, 0.15) is 34.3 Å². The fourth-order valence-electron chi connectivity index (χ4n) is 3.31. The van der Waals surface area contributed by atoms with E-state index in [9.17, 15) is 4.79 Å². The molecule has 3 rings (SSSR count).